The van der Waals surface area contributed by atoms with E-state index >= 15 is 0 Å². The van der Waals surface area contributed by atoms with E-state index in [1.54, 1.807) is 23.1 Å². The zero-order valence-electron chi connectivity index (χ0n) is 9.44. The summed E-state index contributed by atoms with van der Waals surface area (Å²) in [5.41, 5.74) is 8.76. The zero-order chi connectivity index (χ0) is 12.6. The summed E-state index contributed by atoms with van der Waals surface area (Å²) in [6.45, 7) is 3.74. The van der Waals surface area contributed by atoms with Gasteiger partial charge in [0.15, 0.2) is 0 Å². The molecule has 0 saturated carbocycles. The molecule has 0 saturated heterocycles. The molecule has 0 aliphatic heterocycles. The first-order valence-electron chi connectivity index (χ1n) is 4.98. The van der Waals surface area contributed by atoms with Gasteiger partial charge in [0.2, 0.25) is 0 Å². The van der Waals surface area contributed by atoms with Crippen molar-refractivity contribution < 1.29 is 0 Å². The second-order valence-electron chi connectivity index (χ2n) is 3.65. The van der Waals surface area contributed by atoms with Gasteiger partial charge in [0.05, 0.1) is 28.3 Å². The molecule has 0 bridgehead atoms. The highest BCUT2D eigenvalue weighted by molar-refractivity contribution is 7.80. The normalized spacial score (nSPS) is 10.5. The molecule has 4 nitrogen and oxygen atoms in total. The van der Waals surface area contributed by atoms with Gasteiger partial charge in [0.25, 0.3) is 0 Å². The maximum atomic E-state index is 6.11. The van der Waals surface area contributed by atoms with Crippen molar-refractivity contribution in [1.29, 1.82) is 0 Å². The van der Waals surface area contributed by atoms with Crippen LogP contribution in [-0.2, 0) is 0 Å². The zero-order valence-corrected chi connectivity index (χ0v) is 11.0. The number of hydrogen-bond acceptors (Lipinski definition) is 3. The third-order valence-electron chi connectivity index (χ3n) is 2.50. The Labute approximate surface area is 109 Å². The number of aryl methyl sites for hydroxylation is 1. The summed E-state index contributed by atoms with van der Waals surface area (Å²) < 4.78 is 1.71. The lowest BCUT2D eigenvalue weighted by molar-refractivity contribution is 0.827. The highest BCUT2D eigenvalue weighted by atomic mass is 35.5. The predicted molar refractivity (Wildman–Crippen MR) is 71.7 cm³/mol. The molecule has 0 amide bonds. The largest absolute Gasteiger partial charge is 0.389 e. The Balaban J connectivity index is 2.68. The maximum absolute atomic E-state index is 6.11. The average Bonchev–Trinajstić information content (AvgIpc) is 2.57. The summed E-state index contributed by atoms with van der Waals surface area (Å²) in [6, 6.07) is 1.77. The van der Waals surface area contributed by atoms with E-state index in [-0.39, 0.29) is 0 Å². The molecule has 17 heavy (non-hydrogen) atoms. The van der Waals surface area contributed by atoms with Gasteiger partial charge in [-0.05, 0) is 19.9 Å². The minimum Gasteiger partial charge on any atom is -0.389 e. The van der Waals surface area contributed by atoms with E-state index in [0.29, 0.717) is 10.0 Å². The Morgan fingerprint density at radius 1 is 1.47 bits per heavy atom. The number of nitrogens with two attached hydrogens (primary N) is 1. The smallest absolute Gasteiger partial charge is 0.106 e. The standard InChI is InChI=1S/C11H11ClN4S/c1-6-10(12)7(2)16(15-6)9-5-14-4-3-8(9)11(13)17/h3-5H,1-2H3,(H2,13,17). The first kappa shape index (κ1) is 12.0. The molecular weight excluding hydrogens is 256 g/mol. The summed E-state index contributed by atoms with van der Waals surface area (Å²) in [7, 11) is 0. The fourth-order valence-corrected chi connectivity index (χ4v) is 1.91. The fraction of sp³-hybridized carbons (Fsp3) is 0.182. The second kappa shape index (κ2) is 4.43. The molecule has 2 heterocycles. The van der Waals surface area contributed by atoms with Gasteiger partial charge in [-0.2, -0.15) is 5.10 Å². The van der Waals surface area contributed by atoms with Gasteiger partial charge < -0.3 is 5.73 Å². The van der Waals surface area contributed by atoms with Crippen LogP contribution in [-0.4, -0.2) is 19.8 Å². The first-order valence-corrected chi connectivity index (χ1v) is 5.77. The Bertz CT molecular complexity index is 591. The Hall–Kier alpha value is -1.46. The third kappa shape index (κ3) is 2.03. The topological polar surface area (TPSA) is 56.7 Å². The number of rotatable bonds is 2. The minimum absolute atomic E-state index is 0.311. The number of nitrogens with zero attached hydrogens (tertiary/aromatic N) is 3. The number of hydrogen-bond donors (Lipinski definition) is 1. The van der Waals surface area contributed by atoms with Gasteiger partial charge in [-0.15, -0.1) is 0 Å². The fourth-order valence-electron chi connectivity index (χ4n) is 1.62. The van der Waals surface area contributed by atoms with Gasteiger partial charge in [0.1, 0.15) is 4.99 Å². The summed E-state index contributed by atoms with van der Waals surface area (Å²) in [4.78, 5) is 4.38. The quantitative estimate of drug-likeness (QED) is 0.847. The molecule has 0 aromatic carbocycles. The van der Waals surface area contributed by atoms with Crippen molar-refractivity contribution in [2.75, 3.05) is 0 Å². The molecule has 6 heteroatoms. The van der Waals surface area contributed by atoms with E-state index in [9.17, 15) is 0 Å². The van der Waals surface area contributed by atoms with Crippen LogP contribution < -0.4 is 5.73 Å². The van der Waals surface area contributed by atoms with Crippen LogP contribution in [0.1, 0.15) is 17.0 Å². The van der Waals surface area contributed by atoms with Crippen molar-refractivity contribution >= 4 is 28.8 Å². The minimum atomic E-state index is 0.311. The summed E-state index contributed by atoms with van der Waals surface area (Å²) in [5, 5.41) is 4.99. The van der Waals surface area contributed by atoms with Crippen LogP contribution in [0.25, 0.3) is 5.69 Å². The summed E-state index contributed by atoms with van der Waals surface area (Å²) >= 11 is 11.1. The number of pyridine rings is 1. The lowest BCUT2D eigenvalue weighted by Crippen LogP contribution is -2.14. The molecule has 0 atom stereocenters. The van der Waals surface area contributed by atoms with E-state index in [0.717, 1.165) is 22.6 Å². The van der Waals surface area contributed by atoms with E-state index in [2.05, 4.69) is 10.1 Å². The van der Waals surface area contributed by atoms with Crippen LogP contribution in [0, 0.1) is 13.8 Å². The van der Waals surface area contributed by atoms with Crippen molar-refractivity contribution in [2.45, 2.75) is 13.8 Å². The summed E-state index contributed by atoms with van der Waals surface area (Å²) in [6.07, 6.45) is 3.32. The molecule has 88 valence electrons. The molecule has 0 spiro atoms. The van der Waals surface area contributed by atoms with Crippen LogP contribution in [0.15, 0.2) is 18.5 Å². The van der Waals surface area contributed by atoms with Crippen LogP contribution in [0.2, 0.25) is 5.02 Å². The van der Waals surface area contributed by atoms with E-state index in [1.165, 1.54) is 0 Å². The van der Waals surface area contributed by atoms with Gasteiger partial charge in [-0.25, -0.2) is 4.68 Å². The molecule has 2 N–H and O–H groups in total. The van der Waals surface area contributed by atoms with Gasteiger partial charge in [0, 0.05) is 11.8 Å². The van der Waals surface area contributed by atoms with Gasteiger partial charge in [-0.3, -0.25) is 4.98 Å². The Morgan fingerprint density at radius 3 is 2.71 bits per heavy atom. The molecule has 2 rings (SSSR count). The van der Waals surface area contributed by atoms with E-state index < -0.39 is 0 Å². The number of aromatic nitrogens is 3. The van der Waals surface area contributed by atoms with Crippen molar-refractivity contribution in [1.82, 2.24) is 14.8 Å². The van der Waals surface area contributed by atoms with Crippen molar-refractivity contribution in [3.8, 4) is 5.69 Å². The maximum Gasteiger partial charge on any atom is 0.106 e. The Morgan fingerprint density at radius 2 is 2.18 bits per heavy atom. The highest BCUT2D eigenvalue weighted by Gasteiger charge is 2.14. The lowest BCUT2D eigenvalue weighted by Gasteiger charge is -2.08. The highest BCUT2D eigenvalue weighted by Crippen LogP contribution is 2.23. The molecule has 2 aromatic rings. The van der Waals surface area contributed by atoms with E-state index in [4.69, 9.17) is 29.6 Å². The molecule has 0 fully saturated rings. The number of thiocarbonyl (C=S) groups is 1. The first-order chi connectivity index (χ1) is 8.02. The average molecular weight is 267 g/mol. The molecule has 0 aliphatic carbocycles. The van der Waals surface area contributed by atoms with Crippen LogP contribution in [0.3, 0.4) is 0 Å². The summed E-state index contributed by atoms with van der Waals surface area (Å²) in [5.74, 6) is 0. The second-order valence-corrected chi connectivity index (χ2v) is 4.47. The van der Waals surface area contributed by atoms with Crippen molar-refractivity contribution in [3.63, 3.8) is 0 Å². The third-order valence-corrected chi connectivity index (χ3v) is 3.26. The van der Waals surface area contributed by atoms with Crippen molar-refractivity contribution in [3.05, 3.63) is 40.4 Å². The Kier molecular flexibility index (Phi) is 3.13. The van der Waals surface area contributed by atoms with Crippen molar-refractivity contribution in [2.24, 2.45) is 5.73 Å². The molecule has 2 aromatic heterocycles. The SMILES string of the molecule is Cc1nn(-c2cnccc2C(N)=S)c(C)c1Cl. The predicted octanol–water partition coefficient (Wildman–Crippen LogP) is 2.17. The molecule has 0 radical (unpaired) electrons. The van der Waals surface area contributed by atoms with Crippen LogP contribution in [0.5, 0.6) is 0 Å². The van der Waals surface area contributed by atoms with Crippen LogP contribution in [0.4, 0.5) is 0 Å². The monoisotopic (exact) mass is 266 g/mol. The molecule has 0 aliphatic rings. The van der Waals surface area contributed by atoms with Gasteiger partial charge in [-0.1, -0.05) is 23.8 Å². The van der Waals surface area contributed by atoms with Gasteiger partial charge >= 0.3 is 0 Å². The number of halogens is 1. The van der Waals surface area contributed by atoms with E-state index in [1.807, 2.05) is 13.8 Å². The molecule has 0 unspecified atom stereocenters. The lowest BCUT2D eigenvalue weighted by atomic mass is 10.2. The van der Waals surface area contributed by atoms with Crippen LogP contribution >= 0.6 is 23.8 Å². The molecular formula is C11H11ClN4S.